The number of hydrogen-bond acceptors (Lipinski definition) is 4. The van der Waals surface area contributed by atoms with E-state index in [9.17, 15) is 14.4 Å². The fraction of sp³-hybridized carbons (Fsp3) is 0.318. The zero-order chi connectivity index (χ0) is 20.5. The topological polar surface area (TPSA) is 95.9 Å². The quantitative estimate of drug-likeness (QED) is 0.812. The second-order valence-electron chi connectivity index (χ2n) is 7.47. The molecule has 1 heterocycles. The van der Waals surface area contributed by atoms with Crippen molar-refractivity contribution >= 4 is 18.0 Å². The van der Waals surface area contributed by atoms with Crippen molar-refractivity contribution in [2.75, 3.05) is 19.7 Å². The zero-order valence-corrected chi connectivity index (χ0v) is 16.0. The van der Waals surface area contributed by atoms with Gasteiger partial charge in [-0.2, -0.15) is 0 Å². The highest BCUT2D eigenvalue weighted by Gasteiger charge is 2.37. The van der Waals surface area contributed by atoms with Crippen LogP contribution in [0.4, 0.5) is 4.79 Å². The van der Waals surface area contributed by atoms with E-state index in [2.05, 4.69) is 17.4 Å². The van der Waals surface area contributed by atoms with Crippen molar-refractivity contribution in [3.63, 3.8) is 0 Å². The van der Waals surface area contributed by atoms with E-state index in [0.29, 0.717) is 0 Å². The number of carbonyl (C=O) groups is 3. The average molecular weight is 394 g/mol. The maximum absolute atomic E-state index is 12.3. The van der Waals surface area contributed by atoms with Gasteiger partial charge in [0.25, 0.3) is 0 Å². The van der Waals surface area contributed by atoms with Gasteiger partial charge in [0.15, 0.2) is 0 Å². The van der Waals surface area contributed by atoms with Crippen molar-refractivity contribution < 1.29 is 24.2 Å². The fourth-order valence-corrected chi connectivity index (χ4v) is 3.97. The van der Waals surface area contributed by atoms with Crippen LogP contribution in [0, 0.1) is 5.92 Å². The summed E-state index contributed by atoms with van der Waals surface area (Å²) in [6, 6.07) is 15.3. The largest absolute Gasteiger partial charge is 0.481 e. The molecule has 150 valence electrons. The van der Waals surface area contributed by atoms with Crippen LogP contribution in [0.1, 0.15) is 24.0 Å². The van der Waals surface area contributed by atoms with Crippen molar-refractivity contribution in [1.82, 2.24) is 10.2 Å². The normalized spacial score (nSPS) is 16.4. The summed E-state index contributed by atoms with van der Waals surface area (Å²) < 4.78 is 5.44. The van der Waals surface area contributed by atoms with E-state index in [-0.39, 0.29) is 31.5 Å². The number of rotatable bonds is 5. The molecular weight excluding hydrogens is 372 g/mol. The number of benzene rings is 2. The monoisotopic (exact) mass is 394 g/mol. The summed E-state index contributed by atoms with van der Waals surface area (Å²) in [7, 11) is 0. The van der Waals surface area contributed by atoms with Crippen molar-refractivity contribution in [3.05, 3.63) is 59.7 Å². The Kier molecular flexibility index (Phi) is 4.96. The summed E-state index contributed by atoms with van der Waals surface area (Å²) >= 11 is 0. The molecule has 0 spiro atoms. The summed E-state index contributed by atoms with van der Waals surface area (Å²) in [5.74, 6) is -1.80. The third-order valence-corrected chi connectivity index (χ3v) is 5.59. The lowest BCUT2D eigenvalue weighted by Gasteiger charge is -2.38. The number of likely N-dealkylation sites (tertiary alicyclic amines) is 1. The van der Waals surface area contributed by atoms with Crippen LogP contribution in [0.3, 0.4) is 0 Å². The van der Waals surface area contributed by atoms with Crippen LogP contribution >= 0.6 is 0 Å². The standard InChI is InChI=1S/C22H22N2O5/c1-13(20(25)24-10-14(11-24)21(26)27)23-22(28)29-12-19-17-8-4-2-6-15(17)16-7-3-5-9-18(16)19/h2-9,13-14,19H,10-12H2,1H3,(H,23,28)(H,26,27). The van der Waals surface area contributed by atoms with Crippen LogP contribution in [-0.2, 0) is 14.3 Å². The molecule has 7 heteroatoms. The zero-order valence-electron chi connectivity index (χ0n) is 16.0. The lowest BCUT2D eigenvalue weighted by molar-refractivity contribution is -0.153. The molecule has 2 aromatic carbocycles. The minimum Gasteiger partial charge on any atom is -0.481 e. The SMILES string of the molecule is CC(NC(=O)OCC1c2ccccc2-c2ccccc21)C(=O)N1CC(C(=O)O)C1. The van der Waals surface area contributed by atoms with E-state index in [1.807, 2.05) is 36.4 Å². The number of nitrogens with one attached hydrogen (secondary N) is 1. The maximum Gasteiger partial charge on any atom is 0.407 e. The van der Waals surface area contributed by atoms with Crippen LogP contribution in [-0.4, -0.2) is 53.7 Å². The number of fused-ring (bicyclic) bond motifs is 3. The molecule has 7 nitrogen and oxygen atoms in total. The molecule has 1 aliphatic carbocycles. The molecule has 4 rings (SSSR count). The minimum atomic E-state index is -0.911. The van der Waals surface area contributed by atoms with Crippen LogP contribution in [0.15, 0.2) is 48.5 Å². The Morgan fingerprint density at radius 1 is 1.07 bits per heavy atom. The van der Waals surface area contributed by atoms with Crippen LogP contribution in [0.2, 0.25) is 0 Å². The van der Waals surface area contributed by atoms with Crippen molar-refractivity contribution in [1.29, 1.82) is 0 Å². The number of hydrogen-bond donors (Lipinski definition) is 2. The smallest absolute Gasteiger partial charge is 0.407 e. The highest BCUT2D eigenvalue weighted by molar-refractivity contribution is 5.87. The second-order valence-corrected chi connectivity index (χ2v) is 7.47. The fourth-order valence-electron chi connectivity index (χ4n) is 3.97. The Hall–Kier alpha value is -3.35. The molecule has 2 aromatic rings. The number of amides is 2. The van der Waals surface area contributed by atoms with Gasteiger partial charge >= 0.3 is 12.1 Å². The molecule has 1 saturated heterocycles. The lowest BCUT2D eigenvalue weighted by Crippen LogP contribution is -2.58. The van der Waals surface area contributed by atoms with Gasteiger partial charge in [-0.3, -0.25) is 9.59 Å². The van der Waals surface area contributed by atoms with Crippen LogP contribution in [0.5, 0.6) is 0 Å². The average Bonchev–Trinajstić information content (AvgIpc) is 2.98. The number of carboxylic acid groups (broad SMARTS) is 1. The molecule has 0 saturated carbocycles. The van der Waals surface area contributed by atoms with Gasteiger partial charge in [0, 0.05) is 19.0 Å². The van der Waals surface area contributed by atoms with E-state index in [0.717, 1.165) is 22.3 Å². The van der Waals surface area contributed by atoms with Crippen LogP contribution < -0.4 is 5.32 Å². The van der Waals surface area contributed by atoms with E-state index < -0.39 is 24.0 Å². The van der Waals surface area contributed by atoms with Gasteiger partial charge in [-0.05, 0) is 29.2 Å². The number of aliphatic carboxylic acids is 1. The summed E-state index contributed by atoms with van der Waals surface area (Å²) in [6.07, 6.45) is -0.664. The molecule has 1 aliphatic heterocycles. The predicted molar refractivity (Wildman–Crippen MR) is 105 cm³/mol. The number of carbonyl (C=O) groups excluding carboxylic acids is 2. The van der Waals surface area contributed by atoms with Gasteiger partial charge in [0.1, 0.15) is 12.6 Å². The van der Waals surface area contributed by atoms with Gasteiger partial charge in [-0.1, -0.05) is 48.5 Å². The Labute approximate surface area is 168 Å². The predicted octanol–water partition coefficient (Wildman–Crippen LogP) is 2.46. The van der Waals surface area contributed by atoms with Crippen LogP contribution in [0.25, 0.3) is 11.1 Å². The number of nitrogens with zero attached hydrogens (tertiary/aromatic N) is 1. The number of alkyl carbamates (subject to hydrolysis) is 1. The minimum absolute atomic E-state index is 0.0501. The Morgan fingerprint density at radius 3 is 2.17 bits per heavy atom. The molecule has 1 unspecified atom stereocenters. The second kappa shape index (κ2) is 7.58. The summed E-state index contributed by atoms with van der Waals surface area (Å²) in [5.41, 5.74) is 4.52. The number of ether oxygens (including phenoxy) is 1. The first-order chi connectivity index (χ1) is 14.0. The van der Waals surface area contributed by atoms with E-state index in [1.165, 1.54) is 4.90 Å². The number of carboxylic acids is 1. The van der Waals surface area contributed by atoms with E-state index in [4.69, 9.17) is 9.84 Å². The van der Waals surface area contributed by atoms with Gasteiger partial charge < -0.3 is 20.1 Å². The summed E-state index contributed by atoms with van der Waals surface area (Å²) in [4.78, 5) is 36.8. The molecule has 1 atom stereocenters. The first-order valence-corrected chi connectivity index (χ1v) is 9.59. The molecule has 0 radical (unpaired) electrons. The Bertz CT molecular complexity index is 922. The highest BCUT2D eigenvalue weighted by atomic mass is 16.5. The van der Waals surface area contributed by atoms with Crippen molar-refractivity contribution in [2.24, 2.45) is 5.92 Å². The third-order valence-electron chi connectivity index (χ3n) is 5.59. The molecular formula is C22H22N2O5. The van der Waals surface area contributed by atoms with Gasteiger partial charge in [0.2, 0.25) is 5.91 Å². The maximum atomic E-state index is 12.3. The highest BCUT2D eigenvalue weighted by Crippen LogP contribution is 2.44. The third kappa shape index (κ3) is 3.55. The molecule has 0 bridgehead atoms. The Balaban J connectivity index is 1.34. The lowest BCUT2D eigenvalue weighted by atomic mass is 9.98. The molecule has 1 fully saturated rings. The molecule has 0 aromatic heterocycles. The summed E-state index contributed by atoms with van der Waals surface area (Å²) in [6.45, 7) is 2.08. The van der Waals surface area contributed by atoms with Gasteiger partial charge in [-0.25, -0.2) is 4.79 Å². The Morgan fingerprint density at radius 2 is 1.62 bits per heavy atom. The van der Waals surface area contributed by atoms with E-state index in [1.54, 1.807) is 6.92 Å². The van der Waals surface area contributed by atoms with Crippen molar-refractivity contribution in [2.45, 2.75) is 18.9 Å². The van der Waals surface area contributed by atoms with E-state index >= 15 is 0 Å². The first-order valence-electron chi connectivity index (χ1n) is 9.59. The first kappa shape index (κ1) is 19.0. The van der Waals surface area contributed by atoms with Gasteiger partial charge in [-0.15, -0.1) is 0 Å². The molecule has 2 amide bonds. The molecule has 2 aliphatic rings. The molecule has 29 heavy (non-hydrogen) atoms. The van der Waals surface area contributed by atoms with Gasteiger partial charge in [0.05, 0.1) is 5.92 Å². The summed E-state index contributed by atoms with van der Waals surface area (Å²) in [5, 5.41) is 11.4. The van der Waals surface area contributed by atoms with Crippen molar-refractivity contribution in [3.8, 4) is 11.1 Å². The molecule has 2 N–H and O–H groups in total.